The summed E-state index contributed by atoms with van der Waals surface area (Å²) in [6.07, 6.45) is 1.81. The summed E-state index contributed by atoms with van der Waals surface area (Å²) in [4.78, 5) is 11.5. The number of sulfone groups is 1. The zero-order valence-electron chi connectivity index (χ0n) is 13.2. The SMILES string of the molecule is COC(=O)CCc1ccc(Cl)cc1-c1ccc(S(C)(=O)=O)cc1Cl. The molecule has 0 aliphatic rings. The Morgan fingerprint density at radius 2 is 1.79 bits per heavy atom. The quantitative estimate of drug-likeness (QED) is 0.723. The highest BCUT2D eigenvalue weighted by Gasteiger charge is 2.14. The molecule has 4 nitrogen and oxygen atoms in total. The first-order chi connectivity index (χ1) is 11.2. The maximum Gasteiger partial charge on any atom is 0.305 e. The first kappa shape index (κ1) is 18.8. The van der Waals surface area contributed by atoms with Gasteiger partial charge >= 0.3 is 5.97 Å². The van der Waals surface area contributed by atoms with Crippen LogP contribution < -0.4 is 0 Å². The van der Waals surface area contributed by atoms with Gasteiger partial charge in [-0.2, -0.15) is 0 Å². The molecule has 2 aromatic carbocycles. The van der Waals surface area contributed by atoms with Crippen LogP contribution in [-0.4, -0.2) is 27.8 Å². The Balaban J connectivity index is 2.47. The third-order valence-corrected chi connectivity index (χ3v) is 5.21. The molecule has 24 heavy (non-hydrogen) atoms. The van der Waals surface area contributed by atoms with Crippen molar-refractivity contribution >= 4 is 39.0 Å². The molecule has 128 valence electrons. The summed E-state index contributed by atoms with van der Waals surface area (Å²) >= 11 is 12.4. The van der Waals surface area contributed by atoms with Crippen LogP contribution in [0.3, 0.4) is 0 Å². The highest BCUT2D eigenvalue weighted by molar-refractivity contribution is 7.90. The van der Waals surface area contributed by atoms with E-state index >= 15 is 0 Å². The van der Waals surface area contributed by atoms with Gasteiger partial charge in [0.2, 0.25) is 0 Å². The predicted octanol–water partition coefficient (Wildman–Crippen LogP) is 4.17. The molecule has 0 saturated carbocycles. The fourth-order valence-corrected chi connectivity index (χ4v) is 3.47. The first-order valence-electron chi connectivity index (χ1n) is 7.07. The lowest BCUT2D eigenvalue weighted by atomic mass is 9.96. The van der Waals surface area contributed by atoms with Gasteiger partial charge in [-0.15, -0.1) is 0 Å². The summed E-state index contributed by atoms with van der Waals surface area (Å²) in [6, 6.07) is 9.86. The zero-order valence-corrected chi connectivity index (χ0v) is 15.5. The van der Waals surface area contributed by atoms with Crippen LogP contribution >= 0.6 is 23.2 Å². The molecule has 0 heterocycles. The second-order valence-corrected chi connectivity index (χ2v) is 8.15. The summed E-state index contributed by atoms with van der Waals surface area (Å²) in [7, 11) is -2.00. The van der Waals surface area contributed by atoms with E-state index < -0.39 is 9.84 Å². The molecule has 0 aromatic heterocycles. The van der Waals surface area contributed by atoms with Gasteiger partial charge in [-0.25, -0.2) is 8.42 Å². The Kier molecular flexibility index (Phi) is 5.91. The number of benzene rings is 2. The van der Waals surface area contributed by atoms with E-state index in [1.165, 1.54) is 19.2 Å². The number of rotatable bonds is 5. The van der Waals surface area contributed by atoms with Crippen molar-refractivity contribution in [1.29, 1.82) is 0 Å². The molecule has 0 saturated heterocycles. The van der Waals surface area contributed by atoms with E-state index in [2.05, 4.69) is 4.74 Å². The van der Waals surface area contributed by atoms with Gasteiger partial charge in [0.15, 0.2) is 9.84 Å². The zero-order chi connectivity index (χ0) is 17.9. The van der Waals surface area contributed by atoms with Gasteiger partial charge in [-0.3, -0.25) is 4.79 Å². The molecule has 0 aliphatic heterocycles. The molecule has 0 N–H and O–H groups in total. The van der Waals surface area contributed by atoms with Gasteiger partial charge in [0, 0.05) is 28.3 Å². The Labute approximate surface area is 151 Å². The number of ether oxygens (including phenoxy) is 1. The minimum absolute atomic E-state index is 0.148. The Bertz CT molecular complexity index is 876. The average Bonchev–Trinajstić information content (AvgIpc) is 2.52. The molecule has 0 spiro atoms. The van der Waals surface area contributed by atoms with Crippen LogP contribution in [0, 0.1) is 0 Å². The van der Waals surface area contributed by atoms with Crippen LogP contribution in [0.5, 0.6) is 0 Å². The van der Waals surface area contributed by atoms with Gasteiger partial charge < -0.3 is 4.74 Å². The lowest BCUT2D eigenvalue weighted by molar-refractivity contribution is -0.140. The van der Waals surface area contributed by atoms with Crippen molar-refractivity contribution in [1.82, 2.24) is 0 Å². The van der Waals surface area contributed by atoms with Gasteiger partial charge in [-0.05, 0) is 41.8 Å². The lowest BCUT2D eigenvalue weighted by Crippen LogP contribution is -2.03. The predicted molar refractivity (Wildman–Crippen MR) is 95.3 cm³/mol. The largest absolute Gasteiger partial charge is 0.469 e. The molecule has 0 aliphatic carbocycles. The topological polar surface area (TPSA) is 60.4 Å². The maximum absolute atomic E-state index is 11.6. The van der Waals surface area contributed by atoms with Gasteiger partial charge in [0.1, 0.15) is 0 Å². The fraction of sp³-hybridized carbons (Fsp3) is 0.235. The van der Waals surface area contributed by atoms with Crippen LogP contribution in [0.15, 0.2) is 41.3 Å². The van der Waals surface area contributed by atoms with E-state index in [1.54, 1.807) is 18.2 Å². The molecule has 0 bridgehead atoms. The van der Waals surface area contributed by atoms with Gasteiger partial charge in [-0.1, -0.05) is 35.3 Å². The van der Waals surface area contributed by atoms with Gasteiger partial charge in [0.25, 0.3) is 0 Å². The molecule has 2 rings (SSSR count). The summed E-state index contributed by atoms with van der Waals surface area (Å²) < 4.78 is 27.9. The number of hydrogen-bond donors (Lipinski definition) is 0. The Hall–Kier alpha value is -1.56. The third-order valence-electron chi connectivity index (χ3n) is 3.56. The van der Waals surface area contributed by atoms with E-state index in [-0.39, 0.29) is 17.3 Å². The van der Waals surface area contributed by atoms with Crippen LogP contribution in [0.1, 0.15) is 12.0 Å². The van der Waals surface area contributed by atoms with Crippen molar-refractivity contribution in [3.63, 3.8) is 0 Å². The number of hydrogen-bond acceptors (Lipinski definition) is 4. The minimum atomic E-state index is -3.34. The summed E-state index contributed by atoms with van der Waals surface area (Å²) in [5.74, 6) is -0.311. The molecule has 0 fully saturated rings. The minimum Gasteiger partial charge on any atom is -0.469 e. The average molecular weight is 387 g/mol. The Morgan fingerprint density at radius 1 is 1.08 bits per heavy atom. The van der Waals surface area contributed by atoms with Crippen molar-refractivity contribution in [2.45, 2.75) is 17.7 Å². The van der Waals surface area contributed by atoms with Crippen molar-refractivity contribution in [3.8, 4) is 11.1 Å². The molecule has 0 amide bonds. The van der Waals surface area contributed by atoms with E-state index in [0.717, 1.165) is 17.4 Å². The number of methoxy groups -OCH3 is 1. The number of esters is 1. The van der Waals surface area contributed by atoms with Crippen molar-refractivity contribution < 1.29 is 17.9 Å². The first-order valence-corrected chi connectivity index (χ1v) is 9.72. The molecule has 7 heteroatoms. The van der Waals surface area contributed by atoms with E-state index in [9.17, 15) is 13.2 Å². The van der Waals surface area contributed by atoms with E-state index in [1.807, 2.05) is 6.07 Å². The number of carbonyl (C=O) groups excluding carboxylic acids is 1. The molecule has 0 radical (unpaired) electrons. The summed E-state index contributed by atoms with van der Waals surface area (Å²) in [6.45, 7) is 0. The number of aryl methyl sites for hydroxylation is 1. The molecule has 2 aromatic rings. The monoisotopic (exact) mass is 386 g/mol. The van der Waals surface area contributed by atoms with E-state index in [4.69, 9.17) is 23.2 Å². The second kappa shape index (κ2) is 7.55. The van der Waals surface area contributed by atoms with Crippen LogP contribution in [0.4, 0.5) is 0 Å². The molecular formula is C17H16Cl2O4S. The summed E-state index contributed by atoms with van der Waals surface area (Å²) in [5, 5.41) is 0.828. The van der Waals surface area contributed by atoms with Gasteiger partial charge in [0.05, 0.1) is 12.0 Å². The fourth-order valence-electron chi connectivity index (χ4n) is 2.30. The number of carbonyl (C=O) groups is 1. The van der Waals surface area contributed by atoms with Crippen LogP contribution in [-0.2, 0) is 25.8 Å². The van der Waals surface area contributed by atoms with Crippen molar-refractivity contribution in [2.75, 3.05) is 13.4 Å². The van der Waals surface area contributed by atoms with Crippen LogP contribution in [0.25, 0.3) is 11.1 Å². The smallest absolute Gasteiger partial charge is 0.305 e. The maximum atomic E-state index is 11.6. The molecule has 0 atom stereocenters. The van der Waals surface area contributed by atoms with Crippen molar-refractivity contribution in [2.24, 2.45) is 0 Å². The third kappa shape index (κ3) is 4.50. The molecule has 0 unspecified atom stereocenters. The van der Waals surface area contributed by atoms with Crippen LogP contribution in [0.2, 0.25) is 10.0 Å². The molecular weight excluding hydrogens is 371 g/mol. The summed E-state index contributed by atoms with van der Waals surface area (Å²) in [5.41, 5.74) is 2.29. The highest BCUT2D eigenvalue weighted by Crippen LogP contribution is 2.34. The lowest BCUT2D eigenvalue weighted by Gasteiger charge is -2.12. The highest BCUT2D eigenvalue weighted by atomic mass is 35.5. The normalized spacial score (nSPS) is 11.3. The van der Waals surface area contributed by atoms with Crippen molar-refractivity contribution in [3.05, 3.63) is 52.0 Å². The standard InChI is InChI=1S/C17H16Cl2O4S/c1-23-17(20)8-4-11-3-5-12(18)9-15(11)14-7-6-13(10-16(14)19)24(2,21)22/h3,5-7,9-10H,4,8H2,1-2H3. The number of halogens is 2. The Morgan fingerprint density at radius 3 is 2.38 bits per heavy atom. The van der Waals surface area contributed by atoms with E-state index in [0.29, 0.717) is 22.0 Å². The second-order valence-electron chi connectivity index (χ2n) is 5.29.